The van der Waals surface area contributed by atoms with Crippen LogP contribution in [0, 0.1) is 0 Å². The van der Waals surface area contributed by atoms with Gasteiger partial charge in [-0.2, -0.15) is 0 Å². The first kappa shape index (κ1) is 9.37. The van der Waals surface area contributed by atoms with Crippen LogP contribution in [0.5, 0.6) is 0 Å². The van der Waals surface area contributed by atoms with Crippen molar-refractivity contribution in [3.8, 4) is 0 Å². The highest BCUT2D eigenvalue weighted by atomic mass is 79.9. The Bertz CT molecular complexity index is 523. The van der Waals surface area contributed by atoms with Gasteiger partial charge in [-0.25, -0.2) is 0 Å². The molecule has 0 atom stereocenters. The van der Waals surface area contributed by atoms with E-state index in [-0.39, 0.29) is 0 Å². The Labute approximate surface area is 101 Å². The normalized spacial score (nSPS) is 13.8. The fourth-order valence-electron chi connectivity index (χ4n) is 1.98. The lowest BCUT2D eigenvalue weighted by Gasteiger charge is -2.03. The Morgan fingerprint density at radius 1 is 1.20 bits per heavy atom. The van der Waals surface area contributed by atoms with Crippen LogP contribution in [0.2, 0.25) is 0 Å². The average Bonchev–Trinajstić information content (AvgIpc) is 2.82. The van der Waals surface area contributed by atoms with Gasteiger partial charge in [0.1, 0.15) is 0 Å². The minimum Gasteiger partial charge on any atom is -0.144 e. The number of fused-ring (bicyclic) bond motifs is 1. The number of allylic oxidation sites excluding steroid dienone is 1. The summed E-state index contributed by atoms with van der Waals surface area (Å²) in [7, 11) is 0. The molecule has 0 saturated carbocycles. The number of hydrogen-bond donors (Lipinski definition) is 0. The third-order valence-electron chi connectivity index (χ3n) is 2.67. The van der Waals surface area contributed by atoms with Crippen molar-refractivity contribution < 1.29 is 0 Å². The van der Waals surface area contributed by atoms with Crippen LogP contribution in [-0.2, 0) is 6.42 Å². The molecule has 1 heterocycles. The summed E-state index contributed by atoms with van der Waals surface area (Å²) in [6, 6.07) is 10.8. The molecular formula is C13H9BrS. The van der Waals surface area contributed by atoms with Crippen LogP contribution in [0.4, 0.5) is 0 Å². The summed E-state index contributed by atoms with van der Waals surface area (Å²) >= 11 is 5.32. The van der Waals surface area contributed by atoms with E-state index in [2.05, 4.69) is 57.7 Å². The van der Waals surface area contributed by atoms with E-state index in [0.29, 0.717) is 0 Å². The van der Waals surface area contributed by atoms with E-state index < -0.39 is 0 Å². The van der Waals surface area contributed by atoms with Crippen LogP contribution in [-0.4, -0.2) is 0 Å². The number of thiophene rings is 1. The van der Waals surface area contributed by atoms with Crippen LogP contribution in [0.15, 0.2) is 46.3 Å². The smallest absolute Gasteiger partial charge is 0.0345 e. The molecule has 15 heavy (non-hydrogen) atoms. The molecule has 0 N–H and O–H groups in total. The molecule has 2 aromatic rings. The summed E-state index contributed by atoms with van der Waals surface area (Å²) in [4.78, 5) is 1.37. The van der Waals surface area contributed by atoms with Gasteiger partial charge < -0.3 is 0 Å². The third kappa shape index (κ3) is 1.58. The summed E-state index contributed by atoms with van der Waals surface area (Å²) in [5, 5.41) is 2.13. The van der Waals surface area contributed by atoms with Crippen molar-refractivity contribution in [1.29, 1.82) is 0 Å². The first-order valence-electron chi connectivity index (χ1n) is 4.87. The molecule has 0 saturated heterocycles. The van der Waals surface area contributed by atoms with Crippen molar-refractivity contribution in [2.45, 2.75) is 6.42 Å². The molecule has 1 aliphatic rings. The van der Waals surface area contributed by atoms with E-state index in [1.807, 2.05) is 11.3 Å². The quantitative estimate of drug-likeness (QED) is 0.720. The second-order valence-electron chi connectivity index (χ2n) is 3.60. The highest BCUT2D eigenvalue weighted by molar-refractivity contribution is 9.10. The van der Waals surface area contributed by atoms with E-state index in [1.165, 1.54) is 26.0 Å². The molecule has 0 nitrogen and oxygen atoms in total. The van der Waals surface area contributed by atoms with Crippen LogP contribution in [0.25, 0.3) is 5.57 Å². The van der Waals surface area contributed by atoms with Crippen molar-refractivity contribution in [2.75, 3.05) is 0 Å². The summed E-state index contributed by atoms with van der Waals surface area (Å²) < 4.78 is 1.17. The number of benzene rings is 1. The monoisotopic (exact) mass is 276 g/mol. The maximum absolute atomic E-state index is 3.51. The average molecular weight is 277 g/mol. The Balaban J connectivity index is 2.11. The maximum Gasteiger partial charge on any atom is 0.0345 e. The Hall–Kier alpha value is -0.860. The molecule has 1 aliphatic carbocycles. The van der Waals surface area contributed by atoms with Crippen molar-refractivity contribution in [1.82, 2.24) is 0 Å². The highest BCUT2D eigenvalue weighted by Gasteiger charge is 2.15. The predicted octanol–water partition coefficient (Wildman–Crippen LogP) is 4.50. The van der Waals surface area contributed by atoms with Crippen LogP contribution < -0.4 is 0 Å². The molecule has 1 aromatic heterocycles. The minimum atomic E-state index is 1.06. The van der Waals surface area contributed by atoms with Gasteiger partial charge in [0.05, 0.1) is 0 Å². The van der Waals surface area contributed by atoms with Gasteiger partial charge in [0.2, 0.25) is 0 Å². The van der Waals surface area contributed by atoms with Crippen LogP contribution in [0.3, 0.4) is 0 Å². The molecule has 0 amide bonds. The SMILES string of the molecule is Brc1ccc2c(c1)CC=C2c1cccs1. The molecule has 0 spiro atoms. The van der Waals surface area contributed by atoms with Gasteiger partial charge in [-0.1, -0.05) is 34.1 Å². The van der Waals surface area contributed by atoms with Crippen molar-refractivity contribution >= 4 is 32.8 Å². The largest absolute Gasteiger partial charge is 0.144 e. The minimum absolute atomic E-state index is 1.06. The zero-order chi connectivity index (χ0) is 10.3. The molecule has 0 aliphatic heterocycles. The zero-order valence-electron chi connectivity index (χ0n) is 8.03. The summed E-state index contributed by atoms with van der Waals surface area (Å²) in [5.41, 5.74) is 4.21. The third-order valence-corrected chi connectivity index (χ3v) is 4.07. The molecule has 0 radical (unpaired) electrons. The first-order valence-corrected chi connectivity index (χ1v) is 6.55. The molecule has 74 valence electrons. The number of rotatable bonds is 1. The molecule has 3 rings (SSSR count). The van der Waals surface area contributed by atoms with Crippen molar-refractivity contribution in [2.24, 2.45) is 0 Å². The zero-order valence-corrected chi connectivity index (χ0v) is 10.4. The lowest BCUT2D eigenvalue weighted by atomic mass is 10.1. The van der Waals surface area contributed by atoms with Crippen molar-refractivity contribution in [3.63, 3.8) is 0 Å². The molecule has 2 heteroatoms. The van der Waals surface area contributed by atoms with E-state index in [0.717, 1.165) is 6.42 Å². The van der Waals surface area contributed by atoms with Gasteiger partial charge in [0.15, 0.2) is 0 Å². The number of hydrogen-bond acceptors (Lipinski definition) is 1. The highest BCUT2D eigenvalue weighted by Crippen LogP contribution is 2.35. The topological polar surface area (TPSA) is 0 Å². The number of halogens is 1. The van der Waals surface area contributed by atoms with E-state index in [9.17, 15) is 0 Å². The summed E-state index contributed by atoms with van der Waals surface area (Å²) in [6.07, 6.45) is 3.38. The molecule has 0 fully saturated rings. The summed E-state index contributed by atoms with van der Waals surface area (Å²) in [6.45, 7) is 0. The van der Waals surface area contributed by atoms with Gasteiger partial charge in [-0.3, -0.25) is 0 Å². The molecular weight excluding hydrogens is 268 g/mol. The second-order valence-corrected chi connectivity index (χ2v) is 5.46. The van der Waals surface area contributed by atoms with Gasteiger partial charge >= 0.3 is 0 Å². The lowest BCUT2D eigenvalue weighted by Crippen LogP contribution is -1.84. The van der Waals surface area contributed by atoms with E-state index >= 15 is 0 Å². The standard InChI is InChI=1S/C13H9BrS/c14-10-4-6-11-9(8-10)3-5-12(11)13-2-1-7-15-13/h1-2,4-8H,3H2. The van der Waals surface area contributed by atoms with Gasteiger partial charge in [-0.05, 0) is 46.7 Å². The Morgan fingerprint density at radius 3 is 2.93 bits per heavy atom. The lowest BCUT2D eigenvalue weighted by molar-refractivity contribution is 1.30. The Kier molecular flexibility index (Phi) is 2.26. The predicted molar refractivity (Wildman–Crippen MR) is 69.2 cm³/mol. The van der Waals surface area contributed by atoms with E-state index in [1.54, 1.807) is 0 Å². The van der Waals surface area contributed by atoms with Gasteiger partial charge in [-0.15, -0.1) is 11.3 Å². The summed E-state index contributed by atoms with van der Waals surface area (Å²) in [5.74, 6) is 0. The molecule has 1 aromatic carbocycles. The first-order chi connectivity index (χ1) is 7.34. The molecule has 0 unspecified atom stereocenters. The van der Waals surface area contributed by atoms with E-state index in [4.69, 9.17) is 0 Å². The fraction of sp³-hybridized carbons (Fsp3) is 0.0769. The fourth-order valence-corrected chi connectivity index (χ4v) is 3.17. The van der Waals surface area contributed by atoms with Crippen molar-refractivity contribution in [3.05, 3.63) is 62.3 Å². The molecule has 0 bridgehead atoms. The van der Waals surface area contributed by atoms with Gasteiger partial charge in [0.25, 0.3) is 0 Å². The van der Waals surface area contributed by atoms with Gasteiger partial charge in [0, 0.05) is 9.35 Å². The van der Waals surface area contributed by atoms with Crippen LogP contribution in [0.1, 0.15) is 16.0 Å². The second kappa shape index (κ2) is 3.62. The van der Waals surface area contributed by atoms with Crippen LogP contribution >= 0.6 is 27.3 Å². The Morgan fingerprint density at radius 2 is 2.13 bits per heavy atom. The maximum atomic E-state index is 3.51.